The molecular weight excluding hydrogens is 260 g/mol. The lowest BCUT2D eigenvalue weighted by Gasteiger charge is -2.61. The van der Waals surface area contributed by atoms with E-state index in [2.05, 4.69) is 13.8 Å². The molecule has 0 radical (unpaired) electrons. The molecule has 8 unspecified atom stereocenters. The van der Waals surface area contributed by atoms with E-state index in [1.165, 1.54) is 38.5 Å². The minimum absolute atomic E-state index is 0.110. The number of rotatable bonds is 0. The molecule has 8 atom stereocenters. The van der Waals surface area contributed by atoms with Crippen molar-refractivity contribution < 1.29 is 10.2 Å². The fourth-order valence-corrected chi connectivity index (χ4v) is 7.19. The van der Waals surface area contributed by atoms with Crippen LogP contribution in [0.15, 0.2) is 0 Å². The van der Waals surface area contributed by atoms with E-state index < -0.39 is 0 Å². The molecule has 0 bridgehead atoms. The van der Waals surface area contributed by atoms with Crippen LogP contribution in [0.25, 0.3) is 0 Å². The smallest absolute Gasteiger partial charge is 0.0577 e. The SMILES string of the molecule is CC12CCCC1C1C(O)CC3CC(O)CCC3(C)C1CC2. The van der Waals surface area contributed by atoms with Crippen LogP contribution in [0.3, 0.4) is 0 Å². The third-order valence-electron chi connectivity index (χ3n) is 8.44. The number of aliphatic hydroxyl groups excluding tert-OH is 2. The third kappa shape index (κ3) is 1.97. The first-order valence-corrected chi connectivity index (χ1v) is 9.30. The molecule has 0 amide bonds. The summed E-state index contributed by atoms with van der Waals surface area (Å²) in [6.07, 6.45) is 10.6. The van der Waals surface area contributed by atoms with Crippen molar-refractivity contribution >= 4 is 0 Å². The van der Waals surface area contributed by atoms with E-state index in [9.17, 15) is 10.2 Å². The zero-order chi connectivity index (χ0) is 14.8. The van der Waals surface area contributed by atoms with Gasteiger partial charge in [-0.3, -0.25) is 0 Å². The summed E-state index contributed by atoms with van der Waals surface area (Å²) in [7, 11) is 0. The molecule has 21 heavy (non-hydrogen) atoms. The van der Waals surface area contributed by atoms with Gasteiger partial charge in [-0.05, 0) is 85.9 Å². The Labute approximate surface area is 129 Å². The molecule has 0 saturated heterocycles. The summed E-state index contributed by atoms with van der Waals surface area (Å²) in [5.74, 6) is 2.55. The maximum atomic E-state index is 10.9. The van der Waals surface area contributed by atoms with Crippen molar-refractivity contribution in [3.63, 3.8) is 0 Å². The molecule has 4 rings (SSSR count). The van der Waals surface area contributed by atoms with Crippen molar-refractivity contribution in [2.24, 2.45) is 34.5 Å². The Balaban J connectivity index is 1.67. The molecule has 0 aromatic rings. The molecule has 0 aliphatic heterocycles. The molecule has 120 valence electrons. The Morgan fingerprint density at radius 1 is 0.857 bits per heavy atom. The van der Waals surface area contributed by atoms with Crippen LogP contribution in [0.2, 0.25) is 0 Å². The van der Waals surface area contributed by atoms with Crippen LogP contribution in [0, 0.1) is 34.5 Å². The molecule has 0 aromatic carbocycles. The van der Waals surface area contributed by atoms with Gasteiger partial charge in [0.05, 0.1) is 12.2 Å². The molecule has 4 saturated carbocycles. The largest absolute Gasteiger partial charge is 0.393 e. The Hall–Kier alpha value is -0.0800. The van der Waals surface area contributed by atoms with Crippen LogP contribution < -0.4 is 0 Å². The minimum Gasteiger partial charge on any atom is -0.393 e. The van der Waals surface area contributed by atoms with E-state index in [4.69, 9.17) is 0 Å². The van der Waals surface area contributed by atoms with Gasteiger partial charge in [-0.1, -0.05) is 20.3 Å². The second-order valence-corrected chi connectivity index (χ2v) is 9.31. The number of hydrogen-bond donors (Lipinski definition) is 2. The van der Waals surface area contributed by atoms with Crippen molar-refractivity contribution in [1.82, 2.24) is 0 Å². The van der Waals surface area contributed by atoms with E-state index in [0.29, 0.717) is 28.6 Å². The quantitative estimate of drug-likeness (QED) is 0.714. The van der Waals surface area contributed by atoms with Crippen LogP contribution in [0.4, 0.5) is 0 Å². The summed E-state index contributed by atoms with van der Waals surface area (Å²) < 4.78 is 0. The van der Waals surface area contributed by atoms with Gasteiger partial charge in [0.15, 0.2) is 0 Å². The number of aliphatic hydroxyl groups is 2. The predicted octanol–water partition coefficient (Wildman–Crippen LogP) is 3.75. The molecule has 2 N–H and O–H groups in total. The van der Waals surface area contributed by atoms with Gasteiger partial charge in [-0.2, -0.15) is 0 Å². The first-order chi connectivity index (χ1) is 9.94. The second kappa shape index (κ2) is 4.71. The molecular formula is C19H32O2. The molecule has 4 fully saturated rings. The van der Waals surface area contributed by atoms with Gasteiger partial charge < -0.3 is 10.2 Å². The number of fused-ring (bicyclic) bond motifs is 5. The van der Waals surface area contributed by atoms with E-state index >= 15 is 0 Å². The third-order valence-corrected chi connectivity index (χ3v) is 8.44. The summed E-state index contributed by atoms with van der Waals surface area (Å²) in [5, 5.41) is 21.0. The molecule has 4 aliphatic carbocycles. The standard InChI is InChI=1S/C19H32O2/c1-18-7-3-4-14(18)17-15(6-8-18)19(2)9-5-13(20)10-12(19)11-16(17)21/h12-17,20-21H,3-11H2,1-2H3. The zero-order valence-electron chi connectivity index (χ0n) is 13.7. The van der Waals surface area contributed by atoms with Gasteiger partial charge in [0.25, 0.3) is 0 Å². The fraction of sp³-hybridized carbons (Fsp3) is 1.00. The molecule has 0 spiro atoms. The lowest BCUT2D eigenvalue weighted by atomic mass is 9.44. The van der Waals surface area contributed by atoms with Gasteiger partial charge in [-0.15, -0.1) is 0 Å². The Bertz CT molecular complexity index is 422. The summed E-state index contributed by atoms with van der Waals surface area (Å²) in [6.45, 7) is 4.98. The average Bonchev–Trinajstić information content (AvgIpc) is 2.82. The topological polar surface area (TPSA) is 40.5 Å². The van der Waals surface area contributed by atoms with Crippen molar-refractivity contribution in [2.45, 2.75) is 83.8 Å². The molecule has 2 nitrogen and oxygen atoms in total. The van der Waals surface area contributed by atoms with Gasteiger partial charge in [-0.25, -0.2) is 0 Å². The monoisotopic (exact) mass is 292 g/mol. The van der Waals surface area contributed by atoms with E-state index in [1.54, 1.807) is 0 Å². The maximum absolute atomic E-state index is 10.9. The summed E-state index contributed by atoms with van der Waals surface area (Å²) in [5.41, 5.74) is 0.895. The fourth-order valence-electron chi connectivity index (χ4n) is 7.19. The van der Waals surface area contributed by atoms with Crippen molar-refractivity contribution in [3.8, 4) is 0 Å². The van der Waals surface area contributed by atoms with Gasteiger partial charge in [0.2, 0.25) is 0 Å². The van der Waals surface area contributed by atoms with E-state index in [1.807, 2.05) is 0 Å². The zero-order valence-corrected chi connectivity index (χ0v) is 13.7. The van der Waals surface area contributed by atoms with Crippen LogP contribution in [0.5, 0.6) is 0 Å². The lowest BCUT2D eigenvalue weighted by Crippen LogP contribution is -2.57. The normalized spacial score (nSPS) is 60.0. The maximum Gasteiger partial charge on any atom is 0.0577 e. The van der Waals surface area contributed by atoms with Gasteiger partial charge >= 0.3 is 0 Å². The first kappa shape index (κ1) is 14.5. The van der Waals surface area contributed by atoms with Crippen molar-refractivity contribution in [3.05, 3.63) is 0 Å². The van der Waals surface area contributed by atoms with Gasteiger partial charge in [0, 0.05) is 0 Å². The average molecular weight is 292 g/mol. The van der Waals surface area contributed by atoms with Crippen LogP contribution >= 0.6 is 0 Å². The number of hydrogen-bond acceptors (Lipinski definition) is 2. The molecule has 0 aromatic heterocycles. The van der Waals surface area contributed by atoms with Gasteiger partial charge in [0.1, 0.15) is 0 Å². The van der Waals surface area contributed by atoms with Crippen molar-refractivity contribution in [2.75, 3.05) is 0 Å². The minimum atomic E-state index is -0.118. The summed E-state index contributed by atoms with van der Waals surface area (Å²) in [4.78, 5) is 0. The molecule has 2 heteroatoms. The Morgan fingerprint density at radius 3 is 2.48 bits per heavy atom. The van der Waals surface area contributed by atoms with E-state index in [0.717, 1.165) is 25.2 Å². The highest BCUT2D eigenvalue weighted by atomic mass is 16.3. The van der Waals surface area contributed by atoms with Crippen LogP contribution in [0.1, 0.15) is 71.6 Å². The lowest BCUT2D eigenvalue weighted by molar-refractivity contribution is -0.168. The molecule has 0 heterocycles. The highest BCUT2D eigenvalue weighted by molar-refractivity contribution is 5.09. The second-order valence-electron chi connectivity index (χ2n) is 9.31. The summed E-state index contributed by atoms with van der Waals surface area (Å²) in [6, 6.07) is 0. The Morgan fingerprint density at radius 2 is 1.67 bits per heavy atom. The van der Waals surface area contributed by atoms with Crippen LogP contribution in [-0.4, -0.2) is 22.4 Å². The van der Waals surface area contributed by atoms with Crippen molar-refractivity contribution in [1.29, 1.82) is 0 Å². The highest BCUT2D eigenvalue weighted by Crippen LogP contribution is 2.66. The molecule has 4 aliphatic rings. The summed E-state index contributed by atoms with van der Waals surface area (Å²) >= 11 is 0. The highest BCUT2D eigenvalue weighted by Gasteiger charge is 2.60. The van der Waals surface area contributed by atoms with Crippen LogP contribution in [-0.2, 0) is 0 Å². The van der Waals surface area contributed by atoms with E-state index in [-0.39, 0.29) is 12.2 Å². The Kier molecular flexibility index (Phi) is 3.25. The first-order valence-electron chi connectivity index (χ1n) is 9.30. The predicted molar refractivity (Wildman–Crippen MR) is 83.7 cm³/mol.